The predicted octanol–water partition coefficient (Wildman–Crippen LogP) is 2.02. The number of carbonyl (C=O) groups is 4. The van der Waals surface area contributed by atoms with Gasteiger partial charge in [-0.2, -0.15) is 0 Å². The van der Waals surface area contributed by atoms with E-state index >= 15 is 0 Å². The number of benzene rings is 1. The van der Waals surface area contributed by atoms with Crippen molar-refractivity contribution in [1.82, 2.24) is 10.6 Å². The van der Waals surface area contributed by atoms with Crippen molar-refractivity contribution in [2.24, 2.45) is 11.5 Å². The van der Waals surface area contributed by atoms with Crippen LogP contribution in [0, 0.1) is 0 Å². The van der Waals surface area contributed by atoms with Crippen molar-refractivity contribution in [3.05, 3.63) is 29.8 Å². The molecule has 1 atom stereocenters. The topological polar surface area (TPSA) is 166 Å². The van der Waals surface area contributed by atoms with Crippen molar-refractivity contribution in [3.8, 4) is 0 Å². The van der Waals surface area contributed by atoms with Gasteiger partial charge in [-0.1, -0.05) is 46.2 Å². The van der Waals surface area contributed by atoms with Gasteiger partial charge in [0.1, 0.15) is 12.6 Å². The van der Waals surface area contributed by atoms with E-state index in [1.54, 1.807) is 24.3 Å². The summed E-state index contributed by atoms with van der Waals surface area (Å²) in [4.78, 5) is 45.5. The van der Waals surface area contributed by atoms with E-state index in [9.17, 15) is 19.2 Å². The Bertz CT molecular complexity index is 680. The second-order valence-electron chi connectivity index (χ2n) is 6.43. The molecular formula is C22H39N5O5. The van der Waals surface area contributed by atoms with E-state index in [-0.39, 0.29) is 25.7 Å². The second kappa shape index (κ2) is 19.8. The fourth-order valence-electron chi connectivity index (χ4n) is 2.14. The molecule has 0 aliphatic heterocycles. The summed E-state index contributed by atoms with van der Waals surface area (Å²) < 4.78 is 4.89. The minimum absolute atomic E-state index is 0.144. The van der Waals surface area contributed by atoms with E-state index in [2.05, 4.69) is 29.8 Å². The van der Waals surface area contributed by atoms with Crippen LogP contribution in [0.25, 0.3) is 0 Å². The molecule has 10 nitrogen and oxygen atoms in total. The van der Waals surface area contributed by atoms with Crippen molar-refractivity contribution < 1.29 is 23.9 Å². The lowest BCUT2D eigenvalue weighted by molar-refractivity contribution is -0.142. The quantitative estimate of drug-likeness (QED) is 0.268. The van der Waals surface area contributed by atoms with Crippen LogP contribution in [-0.2, 0) is 25.7 Å². The Morgan fingerprint density at radius 2 is 1.62 bits per heavy atom. The molecule has 1 aromatic carbocycles. The van der Waals surface area contributed by atoms with Crippen LogP contribution in [0.3, 0.4) is 0 Å². The number of amides is 4. The van der Waals surface area contributed by atoms with E-state index in [4.69, 9.17) is 16.2 Å². The highest BCUT2D eigenvalue weighted by atomic mass is 16.5. The Kier molecular flexibility index (Phi) is 19.2. The molecule has 0 fully saturated rings. The summed E-state index contributed by atoms with van der Waals surface area (Å²) in [5.41, 5.74) is 11.6. The number of anilines is 1. The Hall–Kier alpha value is -3.14. The molecule has 0 aliphatic carbocycles. The number of urea groups is 1. The molecule has 0 heterocycles. The molecule has 0 saturated carbocycles. The number of esters is 1. The first-order valence-corrected chi connectivity index (χ1v) is 10.8. The third-order valence-corrected chi connectivity index (χ3v) is 3.47. The van der Waals surface area contributed by atoms with E-state index in [0.29, 0.717) is 18.5 Å². The van der Waals surface area contributed by atoms with Crippen LogP contribution in [0.15, 0.2) is 24.3 Å². The highest BCUT2D eigenvalue weighted by Crippen LogP contribution is 2.12. The first-order valence-electron chi connectivity index (χ1n) is 10.8. The highest BCUT2D eigenvalue weighted by molar-refractivity contribution is 5.97. The van der Waals surface area contributed by atoms with Gasteiger partial charge in [0.2, 0.25) is 11.8 Å². The fourth-order valence-corrected chi connectivity index (χ4v) is 2.14. The summed E-state index contributed by atoms with van der Waals surface area (Å²) in [6, 6.07) is 5.28. The van der Waals surface area contributed by atoms with Gasteiger partial charge in [-0.3, -0.25) is 14.4 Å². The molecule has 0 radical (unpaired) electrons. The number of nitrogens with one attached hydrogen (secondary N) is 3. The lowest BCUT2D eigenvalue weighted by Gasteiger charge is -2.18. The second-order valence-corrected chi connectivity index (χ2v) is 6.43. The Balaban J connectivity index is 0. The fraction of sp³-hybridized carbons (Fsp3) is 0.545. The molecule has 32 heavy (non-hydrogen) atoms. The standard InChI is InChI=1S/C17H25N5O5.C3H8.C2H6/c1-11(23)27-10-12-4-6-13(7-5-12)21-16(25)14(22-15(24)9-18)3-2-8-20-17(19)26;1-3-2;1-2/h4-7,14H,2-3,8-10,18H2,1H3,(H,21,25)(H,22,24)(H3,19,20,26);3H2,1-2H3;1-2H3/t14-;;/m0../s1. The maximum Gasteiger partial charge on any atom is 0.312 e. The van der Waals surface area contributed by atoms with Gasteiger partial charge in [-0.15, -0.1) is 0 Å². The molecule has 1 aromatic rings. The molecule has 0 unspecified atom stereocenters. The molecule has 182 valence electrons. The first kappa shape index (κ1) is 31.0. The van der Waals surface area contributed by atoms with Gasteiger partial charge in [0.15, 0.2) is 0 Å². The molecule has 0 saturated heterocycles. The third-order valence-electron chi connectivity index (χ3n) is 3.47. The molecule has 0 aliphatic rings. The van der Waals surface area contributed by atoms with Gasteiger partial charge in [0.25, 0.3) is 0 Å². The van der Waals surface area contributed by atoms with Crippen molar-refractivity contribution in [2.45, 2.75) is 66.5 Å². The van der Waals surface area contributed by atoms with Gasteiger partial charge in [0.05, 0.1) is 6.54 Å². The third kappa shape index (κ3) is 16.6. The number of ether oxygens (including phenoxy) is 1. The number of primary amides is 1. The molecule has 4 amide bonds. The van der Waals surface area contributed by atoms with Crippen LogP contribution in [0.2, 0.25) is 0 Å². The summed E-state index contributed by atoms with van der Waals surface area (Å²) in [5, 5.41) is 7.66. The molecule has 7 N–H and O–H groups in total. The zero-order valence-electron chi connectivity index (χ0n) is 19.8. The zero-order valence-corrected chi connectivity index (χ0v) is 19.8. The average Bonchev–Trinajstić information content (AvgIpc) is 2.76. The zero-order chi connectivity index (χ0) is 24.9. The first-order chi connectivity index (χ1) is 15.2. The number of rotatable bonds is 10. The van der Waals surface area contributed by atoms with Gasteiger partial charge >= 0.3 is 12.0 Å². The number of hydrogen-bond donors (Lipinski definition) is 5. The molecule has 0 bridgehead atoms. The number of hydrogen-bond acceptors (Lipinski definition) is 6. The summed E-state index contributed by atoms with van der Waals surface area (Å²) in [6.07, 6.45) is 1.98. The van der Waals surface area contributed by atoms with E-state index < -0.39 is 23.9 Å². The van der Waals surface area contributed by atoms with Crippen molar-refractivity contribution in [2.75, 3.05) is 18.4 Å². The molecule has 1 rings (SSSR count). The minimum Gasteiger partial charge on any atom is -0.461 e. The Morgan fingerprint density at radius 3 is 2.09 bits per heavy atom. The predicted molar refractivity (Wildman–Crippen MR) is 126 cm³/mol. The lowest BCUT2D eigenvalue weighted by atomic mass is 10.1. The minimum atomic E-state index is -0.809. The van der Waals surface area contributed by atoms with E-state index in [1.165, 1.54) is 13.3 Å². The van der Waals surface area contributed by atoms with Crippen LogP contribution >= 0.6 is 0 Å². The van der Waals surface area contributed by atoms with Crippen LogP contribution in [0.4, 0.5) is 10.5 Å². The van der Waals surface area contributed by atoms with Crippen molar-refractivity contribution >= 4 is 29.5 Å². The lowest BCUT2D eigenvalue weighted by Crippen LogP contribution is -2.46. The van der Waals surface area contributed by atoms with Gasteiger partial charge < -0.3 is 32.2 Å². The van der Waals surface area contributed by atoms with Crippen LogP contribution in [0.5, 0.6) is 0 Å². The normalized spacial score (nSPS) is 10.2. The molecule has 0 aromatic heterocycles. The van der Waals surface area contributed by atoms with Gasteiger partial charge in [0, 0.05) is 19.2 Å². The molecule has 0 spiro atoms. The van der Waals surface area contributed by atoms with Crippen molar-refractivity contribution in [1.29, 1.82) is 0 Å². The summed E-state index contributed by atoms with van der Waals surface area (Å²) >= 11 is 0. The van der Waals surface area contributed by atoms with Crippen LogP contribution in [-0.4, -0.2) is 42.9 Å². The van der Waals surface area contributed by atoms with E-state index in [1.807, 2.05) is 13.8 Å². The van der Waals surface area contributed by atoms with Crippen LogP contribution in [0.1, 0.15) is 59.4 Å². The largest absolute Gasteiger partial charge is 0.461 e. The molecule has 10 heteroatoms. The maximum atomic E-state index is 12.4. The maximum absolute atomic E-state index is 12.4. The van der Waals surface area contributed by atoms with Gasteiger partial charge in [-0.05, 0) is 30.5 Å². The number of carbonyl (C=O) groups excluding carboxylic acids is 4. The highest BCUT2D eigenvalue weighted by Gasteiger charge is 2.20. The van der Waals surface area contributed by atoms with Crippen molar-refractivity contribution in [3.63, 3.8) is 0 Å². The molecular weight excluding hydrogens is 414 g/mol. The van der Waals surface area contributed by atoms with Crippen LogP contribution < -0.4 is 27.4 Å². The Morgan fingerprint density at radius 1 is 1.06 bits per heavy atom. The van der Waals surface area contributed by atoms with E-state index in [0.717, 1.165) is 5.56 Å². The monoisotopic (exact) mass is 453 g/mol. The summed E-state index contributed by atoms with van der Waals surface area (Å²) in [7, 11) is 0. The smallest absolute Gasteiger partial charge is 0.312 e. The average molecular weight is 454 g/mol. The SMILES string of the molecule is CC.CC(=O)OCc1ccc(NC(=O)[C@H](CCCNC(N)=O)NC(=O)CN)cc1.CCC. The number of nitrogens with two attached hydrogens (primary N) is 2. The Labute approximate surface area is 190 Å². The van der Waals surface area contributed by atoms with Gasteiger partial charge in [-0.25, -0.2) is 4.79 Å². The summed E-state index contributed by atoms with van der Waals surface area (Å²) in [5.74, 6) is -1.25. The summed E-state index contributed by atoms with van der Waals surface area (Å²) in [6.45, 7) is 9.76.